The largest absolute Gasteiger partial charge is 0.484 e. The van der Waals surface area contributed by atoms with Gasteiger partial charge in [0, 0.05) is 18.1 Å². The molecular weight excluding hydrogens is 356 g/mol. The van der Waals surface area contributed by atoms with Crippen molar-refractivity contribution in [3.63, 3.8) is 0 Å². The Morgan fingerprint density at radius 1 is 1.08 bits per heavy atom. The van der Waals surface area contributed by atoms with Crippen LogP contribution in [0, 0.1) is 0 Å². The number of nitrogens with one attached hydrogen (secondary N) is 1. The third kappa shape index (κ3) is 4.74. The van der Waals surface area contributed by atoms with Crippen molar-refractivity contribution < 1.29 is 19.1 Å². The highest BCUT2D eigenvalue weighted by atomic mass is 35.5. The van der Waals surface area contributed by atoms with Gasteiger partial charge in [-0.2, -0.15) is 0 Å². The number of carbonyl (C=O) groups excluding carboxylic acids is 2. The zero-order chi connectivity index (χ0) is 18.4. The molecule has 1 N–H and O–H groups in total. The predicted octanol–water partition coefficient (Wildman–Crippen LogP) is 2.83. The summed E-state index contributed by atoms with van der Waals surface area (Å²) in [5.74, 6) is 0.0761. The molecule has 0 aliphatic carbocycles. The lowest BCUT2D eigenvalue weighted by Crippen LogP contribution is -2.41. The van der Waals surface area contributed by atoms with E-state index in [0.717, 1.165) is 0 Å². The first-order valence-corrected chi connectivity index (χ1v) is 8.65. The average Bonchev–Trinajstić information content (AvgIpc) is 2.68. The predicted molar refractivity (Wildman–Crippen MR) is 98.7 cm³/mol. The Bertz CT molecular complexity index is 773. The van der Waals surface area contributed by atoms with Crippen molar-refractivity contribution in [1.82, 2.24) is 4.90 Å². The van der Waals surface area contributed by atoms with Gasteiger partial charge in [0.1, 0.15) is 5.75 Å². The fourth-order valence-electron chi connectivity index (χ4n) is 2.58. The van der Waals surface area contributed by atoms with E-state index in [1.54, 1.807) is 53.4 Å². The fourth-order valence-corrected chi connectivity index (χ4v) is 2.71. The normalized spacial score (nSPS) is 14.0. The van der Waals surface area contributed by atoms with Crippen LogP contribution < -0.4 is 10.1 Å². The second kappa shape index (κ2) is 8.69. The Kier molecular flexibility index (Phi) is 6.09. The van der Waals surface area contributed by atoms with Gasteiger partial charge in [0.05, 0.1) is 24.5 Å². The van der Waals surface area contributed by atoms with Crippen molar-refractivity contribution in [1.29, 1.82) is 0 Å². The van der Waals surface area contributed by atoms with E-state index >= 15 is 0 Å². The lowest BCUT2D eigenvalue weighted by Gasteiger charge is -2.27. The van der Waals surface area contributed by atoms with Gasteiger partial charge in [-0.05, 0) is 36.4 Å². The molecule has 26 heavy (non-hydrogen) atoms. The van der Waals surface area contributed by atoms with Crippen LogP contribution >= 0.6 is 11.6 Å². The summed E-state index contributed by atoms with van der Waals surface area (Å²) in [7, 11) is 0. The second-order valence-electron chi connectivity index (χ2n) is 5.74. The highest BCUT2D eigenvalue weighted by Gasteiger charge is 2.21. The lowest BCUT2D eigenvalue weighted by atomic mass is 10.1. The topological polar surface area (TPSA) is 67.9 Å². The molecule has 1 aliphatic rings. The summed E-state index contributed by atoms with van der Waals surface area (Å²) in [5.41, 5.74) is 0.919. The van der Waals surface area contributed by atoms with Crippen LogP contribution in [-0.4, -0.2) is 49.6 Å². The van der Waals surface area contributed by atoms with Crippen LogP contribution in [0.1, 0.15) is 10.4 Å². The number of halogens is 1. The van der Waals surface area contributed by atoms with E-state index in [-0.39, 0.29) is 18.4 Å². The molecule has 2 aromatic rings. The number of hydrogen-bond donors (Lipinski definition) is 1. The molecule has 0 saturated carbocycles. The second-order valence-corrected chi connectivity index (χ2v) is 6.18. The summed E-state index contributed by atoms with van der Waals surface area (Å²) in [6.07, 6.45) is 0. The van der Waals surface area contributed by atoms with Crippen molar-refractivity contribution in [3.8, 4) is 5.75 Å². The molecule has 0 radical (unpaired) electrons. The number of ether oxygens (including phenoxy) is 2. The molecule has 1 heterocycles. The number of carbonyl (C=O) groups is 2. The number of nitrogens with zero attached hydrogens (tertiary/aromatic N) is 1. The quantitative estimate of drug-likeness (QED) is 0.873. The van der Waals surface area contributed by atoms with E-state index in [4.69, 9.17) is 21.1 Å². The van der Waals surface area contributed by atoms with E-state index < -0.39 is 0 Å². The molecule has 1 aliphatic heterocycles. The van der Waals surface area contributed by atoms with E-state index in [2.05, 4.69) is 5.32 Å². The molecule has 0 unspecified atom stereocenters. The molecule has 0 spiro atoms. The Labute approximate surface area is 156 Å². The molecule has 1 saturated heterocycles. The summed E-state index contributed by atoms with van der Waals surface area (Å²) in [4.78, 5) is 26.6. The number of anilines is 1. The van der Waals surface area contributed by atoms with Crippen LogP contribution in [0.3, 0.4) is 0 Å². The first kappa shape index (κ1) is 18.2. The molecule has 0 atom stereocenters. The third-order valence-corrected chi connectivity index (χ3v) is 4.17. The van der Waals surface area contributed by atoms with Crippen molar-refractivity contribution in [2.75, 3.05) is 38.2 Å². The smallest absolute Gasteiger partial charge is 0.262 e. The van der Waals surface area contributed by atoms with Crippen LogP contribution in [0.2, 0.25) is 5.02 Å². The maximum absolute atomic E-state index is 12.7. The van der Waals surface area contributed by atoms with Gasteiger partial charge in [-0.15, -0.1) is 0 Å². The first-order chi connectivity index (χ1) is 12.6. The Hall–Kier alpha value is -2.57. The Morgan fingerprint density at radius 2 is 1.77 bits per heavy atom. The standard InChI is InChI=1S/C19H19ClN2O4/c20-14-5-7-15(8-6-14)26-13-18(23)21-17-4-2-1-3-16(17)19(24)22-9-11-25-12-10-22/h1-8H,9-13H2,(H,21,23). The summed E-state index contributed by atoms with van der Waals surface area (Å²) in [5, 5.41) is 3.34. The van der Waals surface area contributed by atoms with Gasteiger partial charge in [-0.25, -0.2) is 0 Å². The summed E-state index contributed by atoms with van der Waals surface area (Å²) in [6, 6.07) is 13.7. The number of rotatable bonds is 5. The molecule has 0 aromatic heterocycles. The maximum atomic E-state index is 12.7. The molecule has 2 aromatic carbocycles. The average molecular weight is 375 g/mol. The number of hydrogen-bond acceptors (Lipinski definition) is 4. The van der Waals surface area contributed by atoms with Gasteiger partial charge in [-0.1, -0.05) is 23.7 Å². The zero-order valence-electron chi connectivity index (χ0n) is 14.1. The Balaban J connectivity index is 1.62. The molecule has 3 rings (SSSR count). The molecule has 1 fully saturated rings. The minimum Gasteiger partial charge on any atom is -0.484 e. The van der Waals surface area contributed by atoms with Crippen LogP contribution in [0.25, 0.3) is 0 Å². The molecule has 6 nitrogen and oxygen atoms in total. The molecule has 0 bridgehead atoms. The SMILES string of the molecule is O=C(COc1ccc(Cl)cc1)Nc1ccccc1C(=O)N1CCOCC1. The van der Waals surface area contributed by atoms with Gasteiger partial charge in [0.2, 0.25) is 0 Å². The lowest BCUT2D eigenvalue weighted by molar-refractivity contribution is -0.118. The number of morpholine rings is 1. The van der Waals surface area contributed by atoms with Gasteiger partial charge in [0.15, 0.2) is 6.61 Å². The zero-order valence-corrected chi connectivity index (χ0v) is 14.9. The third-order valence-electron chi connectivity index (χ3n) is 3.91. The van der Waals surface area contributed by atoms with Crippen LogP contribution in [0.4, 0.5) is 5.69 Å². The minimum absolute atomic E-state index is 0.122. The van der Waals surface area contributed by atoms with E-state index in [0.29, 0.717) is 48.3 Å². The molecular formula is C19H19ClN2O4. The van der Waals surface area contributed by atoms with Gasteiger partial charge in [0.25, 0.3) is 11.8 Å². The summed E-state index contributed by atoms with van der Waals surface area (Å²) >= 11 is 5.81. The maximum Gasteiger partial charge on any atom is 0.262 e. The van der Waals surface area contributed by atoms with Crippen LogP contribution in [0.5, 0.6) is 5.75 Å². The molecule has 136 valence electrons. The van der Waals surface area contributed by atoms with Gasteiger partial charge < -0.3 is 19.7 Å². The number of para-hydroxylation sites is 1. The number of amides is 2. The highest BCUT2D eigenvalue weighted by molar-refractivity contribution is 6.30. The van der Waals surface area contributed by atoms with Gasteiger partial charge >= 0.3 is 0 Å². The summed E-state index contributed by atoms with van der Waals surface area (Å²) < 4.78 is 10.7. The summed E-state index contributed by atoms with van der Waals surface area (Å²) in [6.45, 7) is 1.97. The van der Waals surface area contributed by atoms with Crippen molar-refractivity contribution >= 4 is 29.1 Å². The Morgan fingerprint density at radius 3 is 2.50 bits per heavy atom. The minimum atomic E-state index is -0.345. The van der Waals surface area contributed by atoms with Crippen molar-refractivity contribution in [2.24, 2.45) is 0 Å². The van der Waals surface area contributed by atoms with Crippen LogP contribution in [0.15, 0.2) is 48.5 Å². The first-order valence-electron chi connectivity index (χ1n) is 8.28. The van der Waals surface area contributed by atoms with Crippen LogP contribution in [-0.2, 0) is 9.53 Å². The van der Waals surface area contributed by atoms with Crippen molar-refractivity contribution in [2.45, 2.75) is 0 Å². The van der Waals surface area contributed by atoms with E-state index in [1.165, 1.54) is 0 Å². The molecule has 2 amide bonds. The van der Waals surface area contributed by atoms with E-state index in [1.807, 2.05) is 0 Å². The van der Waals surface area contributed by atoms with Crippen molar-refractivity contribution in [3.05, 3.63) is 59.1 Å². The highest BCUT2D eigenvalue weighted by Crippen LogP contribution is 2.19. The monoisotopic (exact) mass is 374 g/mol. The van der Waals surface area contributed by atoms with E-state index in [9.17, 15) is 9.59 Å². The molecule has 7 heteroatoms. The fraction of sp³-hybridized carbons (Fsp3) is 0.263. The number of benzene rings is 2. The van der Waals surface area contributed by atoms with Gasteiger partial charge in [-0.3, -0.25) is 9.59 Å².